The topological polar surface area (TPSA) is 35.0 Å². The molecule has 5 heteroatoms. The summed E-state index contributed by atoms with van der Waals surface area (Å²) in [4.78, 5) is 8.73. The van der Waals surface area contributed by atoms with Crippen LogP contribution < -0.4 is 4.74 Å². The third-order valence-electron chi connectivity index (χ3n) is 3.19. The molecule has 3 nitrogen and oxygen atoms in total. The molecule has 0 amide bonds. The minimum Gasteiger partial charge on any atom is -0.439 e. The van der Waals surface area contributed by atoms with Crippen molar-refractivity contribution in [3.63, 3.8) is 0 Å². The summed E-state index contributed by atoms with van der Waals surface area (Å²) in [6.45, 7) is 7.93. The number of nitrogens with zero attached hydrogens (tertiary/aromatic N) is 2. The monoisotopic (exact) mass is 324 g/mol. The second-order valence-electron chi connectivity index (χ2n) is 5.17. The van der Waals surface area contributed by atoms with E-state index in [1.807, 2.05) is 39.0 Å². The number of benzene rings is 1. The second-order valence-corrected chi connectivity index (χ2v) is 5.93. The molecular weight excluding hydrogens is 307 g/mol. The summed E-state index contributed by atoms with van der Waals surface area (Å²) in [5.41, 5.74) is 1.77. The molecule has 0 fully saturated rings. The van der Waals surface area contributed by atoms with E-state index in [0.29, 0.717) is 22.6 Å². The third kappa shape index (κ3) is 3.66. The van der Waals surface area contributed by atoms with E-state index in [1.54, 1.807) is 0 Å². The standard InChI is InChI=1S/C16H18Cl2N2O/c1-5-11-8-12(6-7-13(11)17)21-16-10(4)14(18)19-15(20-16)9(2)3/h6-9H,5H2,1-4H3. The highest BCUT2D eigenvalue weighted by atomic mass is 35.5. The number of hydrogen-bond acceptors (Lipinski definition) is 3. The third-order valence-corrected chi connectivity index (χ3v) is 3.92. The van der Waals surface area contributed by atoms with E-state index in [2.05, 4.69) is 16.9 Å². The molecule has 0 aliphatic rings. The lowest BCUT2D eigenvalue weighted by atomic mass is 10.1. The molecule has 0 bridgehead atoms. The van der Waals surface area contributed by atoms with Crippen LogP contribution in [0.1, 0.15) is 43.6 Å². The van der Waals surface area contributed by atoms with Crippen molar-refractivity contribution in [3.05, 3.63) is 45.3 Å². The van der Waals surface area contributed by atoms with E-state index in [1.165, 1.54) is 0 Å². The summed E-state index contributed by atoms with van der Waals surface area (Å²) < 4.78 is 5.88. The predicted molar refractivity (Wildman–Crippen MR) is 86.8 cm³/mol. The molecule has 21 heavy (non-hydrogen) atoms. The minimum atomic E-state index is 0.182. The van der Waals surface area contributed by atoms with Crippen LogP contribution in [0, 0.1) is 6.92 Å². The molecule has 0 spiro atoms. The summed E-state index contributed by atoms with van der Waals surface area (Å²) in [7, 11) is 0. The first-order valence-electron chi connectivity index (χ1n) is 6.92. The summed E-state index contributed by atoms with van der Waals surface area (Å²) in [6.07, 6.45) is 0.844. The van der Waals surface area contributed by atoms with Gasteiger partial charge in [0.2, 0.25) is 5.88 Å². The van der Waals surface area contributed by atoms with Gasteiger partial charge in [-0.1, -0.05) is 44.0 Å². The second kappa shape index (κ2) is 6.63. The Morgan fingerprint density at radius 3 is 2.52 bits per heavy atom. The summed E-state index contributed by atoms with van der Waals surface area (Å²) in [5, 5.41) is 1.17. The Bertz CT molecular complexity index is 657. The van der Waals surface area contributed by atoms with Gasteiger partial charge < -0.3 is 4.74 Å². The van der Waals surface area contributed by atoms with E-state index >= 15 is 0 Å². The predicted octanol–water partition coefficient (Wildman–Crippen LogP) is 5.57. The van der Waals surface area contributed by atoms with Crippen LogP contribution in [0.2, 0.25) is 10.2 Å². The molecule has 0 aliphatic carbocycles. The van der Waals surface area contributed by atoms with Crippen molar-refractivity contribution in [2.45, 2.75) is 40.0 Å². The van der Waals surface area contributed by atoms with Gasteiger partial charge in [-0.25, -0.2) is 4.98 Å². The van der Waals surface area contributed by atoms with Crippen LogP contribution in [0.3, 0.4) is 0 Å². The maximum Gasteiger partial charge on any atom is 0.226 e. The Labute approximate surface area is 135 Å². The lowest BCUT2D eigenvalue weighted by Crippen LogP contribution is -2.02. The fourth-order valence-electron chi connectivity index (χ4n) is 1.84. The highest BCUT2D eigenvalue weighted by Gasteiger charge is 2.14. The van der Waals surface area contributed by atoms with Gasteiger partial charge in [0.1, 0.15) is 16.7 Å². The minimum absolute atomic E-state index is 0.182. The van der Waals surface area contributed by atoms with Crippen LogP contribution in [0.25, 0.3) is 0 Å². The first-order chi connectivity index (χ1) is 9.92. The van der Waals surface area contributed by atoms with Gasteiger partial charge in [0.05, 0.1) is 0 Å². The van der Waals surface area contributed by atoms with Crippen molar-refractivity contribution in [1.82, 2.24) is 9.97 Å². The lowest BCUT2D eigenvalue weighted by molar-refractivity contribution is 0.452. The van der Waals surface area contributed by atoms with Crippen molar-refractivity contribution in [3.8, 4) is 11.6 Å². The van der Waals surface area contributed by atoms with Crippen LogP contribution in [-0.4, -0.2) is 9.97 Å². The highest BCUT2D eigenvalue weighted by molar-refractivity contribution is 6.31. The maximum atomic E-state index is 6.16. The van der Waals surface area contributed by atoms with Gasteiger partial charge in [0, 0.05) is 16.5 Å². The number of aryl methyl sites for hydroxylation is 1. The molecule has 112 valence electrons. The van der Waals surface area contributed by atoms with Crippen molar-refractivity contribution in [2.75, 3.05) is 0 Å². The van der Waals surface area contributed by atoms with Gasteiger partial charge in [0.15, 0.2) is 0 Å². The largest absolute Gasteiger partial charge is 0.439 e. The van der Waals surface area contributed by atoms with Gasteiger partial charge in [-0.05, 0) is 37.1 Å². The Kier molecular flexibility index (Phi) is 5.07. The average molecular weight is 325 g/mol. The number of aromatic nitrogens is 2. The van der Waals surface area contributed by atoms with Crippen molar-refractivity contribution < 1.29 is 4.74 Å². The van der Waals surface area contributed by atoms with Gasteiger partial charge in [-0.2, -0.15) is 4.98 Å². The molecule has 0 saturated heterocycles. The van der Waals surface area contributed by atoms with Crippen LogP contribution in [0.15, 0.2) is 18.2 Å². The molecule has 0 aliphatic heterocycles. The van der Waals surface area contributed by atoms with Gasteiger partial charge in [-0.15, -0.1) is 0 Å². The molecule has 2 rings (SSSR count). The average Bonchev–Trinajstić information content (AvgIpc) is 2.45. The Hall–Kier alpha value is -1.32. The summed E-state index contributed by atoms with van der Waals surface area (Å²) >= 11 is 12.3. The zero-order chi connectivity index (χ0) is 15.6. The molecule has 1 aromatic carbocycles. The molecule has 0 saturated carbocycles. The number of ether oxygens (including phenoxy) is 1. The molecule has 1 aromatic heterocycles. The first kappa shape index (κ1) is 16.1. The van der Waals surface area contributed by atoms with Crippen LogP contribution in [0.4, 0.5) is 0 Å². The molecule has 1 heterocycles. The zero-order valence-corrected chi connectivity index (χ0v) is 14.1. The van der Waals surface area contributed by atoms with Gasteiger partial charge in [0.25, 0.3) is 0 Å². The van der Waals surface area contributed by atoms with Gasteiger partial charge in [-0.3, -0.25) is 0 Å². The fourth-order valence-corrected chi connectivity index (χ4v) is 2.26. The van der Waals surface area contributed by atoms with Crippen molar-refractivity contribution in [1.29, 1.82) is 0 Å². The molecular formula is C16H18Cl2N2O. The zero-order valence-electron chi connectivity index (χ0n) is 12.6. The lowest BCUT2D eigenvalue weighted by Gasteiger charge is -2.13. The number of halogens is 2. The van der Waals surface area contributed by atoms with E-state index in [0.717, 1.165) is 22.6 Å². The van der Waals surface area contributed by atoms with Crippen molar-refractivity contribution in [2.24, 2.45) is 0 Å². The van der Waals surface area contributed by atoms with E-state index < -0.39 is 0 Å². The Morgan fingerprint density at radius 2 is 1.90 bits per heavy atom. The normalized spacial score (nSPS) is 11.0. The molecule has 0 radical (unpaired) electrons. The Morgan fingerprint density at radius 1 is 1.19 bits per heavy atom. The van der Waals surface area contributed by atoms with Gasteiger partial charge >= 0.3 is 0 Å². The first-order valence-corrected chi connectivity index (χ1v) is 7.68. The molecule has 2 aromatic rings. The maximum absolute atomic E-state index is 6.16. The van der Waals surface area contributed by atoms with E-state index in [-0.39, 0.29) is 5.92 Å². The van der Waals surface area contributed by atoms with E-state index in [4.69, 9.17) is 27.9 Å². The fraction of sp³-hybridized carbons (Fsp3) is 0.375. The quantitative estimate of drug-likeness (QED) is 0.689. The summed E-state index contributed by atoms with van der Waals surface area (Å²) in [6, 6.07) is 5.58. The smallest absolute Gasteiger partial charge is 0.226 e. The molecule has 0 N–H and O–H groups in total. The Balaban J connectivity index is 2.39. The summed E-state index contributed by atoms with van der Waals surface area (Å²) in [5.74, 6) is 2.04. The number of hydrogen-bond donors (Lipinski definition) is 0. The van der Waals surface area contributed by atoms with Crippen LogP contribution >= 0.6 is 23.2 Å². The van der Waals surface area contributed by atoms with Crippen LogP contribution in [0.5, 0.6) is 11.6 Å². The number of rotatable bonds is 4. The highest BCUT2D eigenvalue weighted by Crippen LogP contribution is 2.30. The van der Waals surface area contributed by atoms with Crippen molar-refractivity contribution >= 4 is 23.2 Å². The van der Waals surface area contributed by atoms with Crippen LogP contribution in [-0.2, 0) is 6.42 Å². The molecule has 0 atom stereocenters. The molecule has 0 unspecified atom stereocenters. The SMILES string of the molecule is CCc1cc(Oc2nc(C(C)C)nc(Cl)c2C)ccc1Cl. The van der Waals surface area contributed by atoms with E-state index in [9.17, 15) is 0 Å².